The Labute approximate surface area is 122 Å². The Hall–Kier alpha value is -2.03. The minimum absolute atomic E-state index is 0. The minimum atomic E-state index is -1.23. The molecule has 0 aromatic carbocycles. The van der Waals surface area contributed by atoms with Crippen molar-refractivity contribution < 1.29 is 19.5 Å². The predicted octanol–water partition coefficient (Wildman–Crippen LogP) is -0.981. The number of imide groups is 1. The van der Waals surface area contributed by atoms with E-state index in [0.29, 0.717) is 19.4 Å². The maximum absolute atomic E-state index is 11.9. The number of carboxylic acids is 1. The zero-order valence-electron chi connectivity index (χ0n) is 11.0. The normalized spacial score (nSPS) is 17.9. The number of hydrogen-bond donors (Lipinski definition) is 4. The number of rotatable bonds is 6. The summed E-state index contributed by atoms with van der Waals surface area (Å²) < 4.78 is 0. The zero-order valence-corrected chi connectivity index (χ0v) is 11.8. The summed E-state index contributed by atoms with van der Waals surface area (Å²) in [4.78, 5) is 36.1. The topological polar surface area (TPSA) is 140 Å². The van der Waals surface area contributed by atoms with Crippen LogP contribution in [0.2, 0.25) is 0 Å². The molecule has 1 aliphatic heterocycles. The maximum atomic E-state index is 11.9. The Morgan fingerprint density at radius 1 is 1.50 bits per heavy atom. The highest BCUT2D eigenvalue weighted by atomic mass is 35.5. The molecule has 3 amide bonds. The van der Waals surface area contributed by atoms with Crippen LogP contribution in [0, 0.1) is 5.41 Å². The van der Waals surface area contributed by atoms with Gasteiger partial charge in [-0.25, -0.2) is 4.79 Å². The summed E-state index contributed by atoms with van der Waals surface area (Å²) in [5.41, 5.74) is 5.11. The third-order valence-corrected chi connectivity index (χ3v) is 2.81. The molecule has 0 aliphatic carbocycles. The summed E-state index contributed by atoms with van der Waals surface area (Å²) in [5.74, 6) is -1.89. The van der Waals surface area contributed by atoms with Crippen LogP contribution in [0.1, 0.15) is 12.8 Å². The molecule has 1 aliphatic rings. The molecule has 5 N–H and O–H groups in total. The summed E-state index contributed by atoms with van der Waals surface area (Å²) >= 11 is 0. The first-order chi connectivity index (χ1) is 8.84. The smallest absolute Gasteiger partial charge is 0.327 e. The average molecular weight is 308 g/mol. The van der Waals surface area contributed by atoms with Crippen molar-refractivity contribution in [1.82, 2.24) is 15.1 Å². The Balaban J connectivity index is 0.00000361. The molecule has 1 fully saturated rings. The first kappa shape index (κ1) is 18.0. The summed E-state index contributed by atoms with van der Waals surface area (Å²) in [5, 5.41) is 18.2. The monoisotopic (exact) mass is 307 g/mol. The number of urea groups is 1. The standard InChI is InChI=1S/C10H17N5O4.ClH/c1-14-6(3-2-4-13-9(11)12)8(18)15(10(14)19)5-7(16)17;/h6H,2-5H2,1H3,(H,16,17)(H4,11,12,13);1H/t6-;/m0./s1. The molecule has 0 aromatic heterocycles. The van der Waals surface area contributed by atoms with Gasteiger partial charge in [-0.15, -0.1) is 12.4 Å². The van der Waals surface area contributed by atoms with E-state index in [0.717, 1.165) is 4.90 Å². The largest absolute Gasteiger partial charge is 0.480 e. The molecule has 1 heterocycles. The molecule has 1 saturated heterocycles. The van der Waals surface area contributed by atoms with E-state index in [4.69, 9.17) is 16.2 Å². The number of nitrogens with two attached hydrogens (primary N) is 1. The fraction of sp³-hybridized carbons (Fsp3) is 0.600. The van der Waals surface area contributed by atoms with Gasteiger partial charge in [-0.05, 0) is 12.8 Å². The summed E-state index contributed by atoms with van der Waals surface area (Å²) in [6, 6.07) is -1.25. The van der Waals surface area contributed by atoms with Crippen LogP contribution < -0.4 is 11.1 Å². The van der Waals surface area contributed by atoms with E-state index in [2.05, 4.69) is 5.32 Å². The number of carboxylic acid groups (broad SMARTS) is 1. The lowest BCUT2D eigenvalue weighted by Gasteiger charge is -2.15. The minimum Gasteiger partial charge on any atom is -0.480 e. The molecule has 0 unspecified atom stereocenters. The van der Waals surface area contributed by atoms with E-state index in [-0.39, 0.29) is 18.4 Å². The van der Waals surface area contributed by atoms with Gasteiger partial charge in [-0.2, -0.15) is 0 Å². The number of carbonyl (C=O) groups is 3. The van der Waals surface area contributed by atoms with Gasteiger partial charge in [0.15, 0.2) is 5.96 Å². The lowest BCUT2D eigenvalue weighted by Crippen LogP contribution is -2.36. The van der Waals surface area contributed by atoms with Gasteiger partial charge in [0.1, 0.15) is 12.6 Å². The van der Waals surface area contributed by atoms with E-state index in [1.165, 1.54) is 11.9 Å². The third-order valence-electron chi connectivity index (χ3n) is 2.81. The lowest BCUT2D eigenvalue weighted by atomic mass is 10.1. The van der Waals surface area contributed by atoms with Gasteiger partial charge in [0, 0.05) is 13.6 Å². The molecule has 0 saturated carbocycles. The van der Waals surface area contributed by atoms with Gasteiger partial charge in [0.25, 0.3) is 5.91 Å². The van der Waals surface area contributed by atoms with E-state index in [1.54, 1.807) is 0 Å². The number of aliphatic carboxylic acids is 1. The molecule has 0 aromatic rings. The van der Waals surface area contributed by atoms with Gasteiger partial charge in [-0.1, -0.05) is 0 Å². The molecule has 0 radical (unpaired) electrons. The van der Waals surface area contributed by atoms with Crippen LogP contribution in [0.3, 0.4) is 0 Å². The van der Waals surface area contributed by atoms with Crippen LogP contribution in [-0.4, -0.2) is 65.0 Å². The Bertz CT molecular complexity index is 416. The quantitative estimate of drug-likeness (QED) is 0.215. The van der Waals surface area contributed by atoms with Crippen LogP contribution in [0.4, 0.5) is 4.79 Å². The maximum Gasteiger partial charge on any atom is 0.327 e. The van der Waals surface area contributed by atoms with Crippen LogP contribution in [0.5, 0.6) is 0 Å². The average Bonchev–Trinajstić information content (AvgIpc) is 2.50. The highest BCUT2D eigenvalue weighted by Crippen LogP contribution is 2.19. The van der Waals surface area contributed by atoms with Crippen molar-refractivity contribution in [3.63, 3.8) is 0 Å². The predicted molar refractivity (Wildman–Crippen MR) is 72.7 cm³/mol. The molecular weight excluding hydrogens is 290 g/mol. The number of carbonyl (C=O) groups excluding carboxylic acids is 2. The Kier molecular flexibility index (Phi) is 6.77. The Morgan fingerprint density at radius 2 is 2.10 bits per heavy atom. The molecular formula is C10H18ClN5O4. The fourth-order valence-electron chi connectivity index (χ4n) is 1.88. The van der Waals surface area contributed by atoms with Gasteiger partial charge in [0.2, 0.25) is 0 Å². The van der Waals surface area contributed by atoms with E-state index in [9.17, 15) is 14.4 Å². The van der Waals surface area contributed by atoms with Crippen molar-refractivity contribution in [2.45, 2.75) is 18.9 Å². The molecule has 1 rings (SSSR count). The van der Waals surface area contributed by atoms with Gasteiger partial charge >= 0.3 is 12.0 Å². The van der Waals surface area contributed by atoms with Crippen LogP contribution >= 0.6 is 12.4 Å². The Morgan fingerprint density at radius 3 is 2.60 bits per heavy atom. The molecule has 20 heavy (non-hydrogen) atoms. The van der Waals surface area contributed by atoms with Crippen LogP contribution in [0.15, 0.2) is 0 Å². The number of halogens is 1. The van der Waals surface area contributed by atoms with Crippen molar-refractivity contribution in [2.75, 3.05) is 20.1 Å². The second kappa shape index (κ2) is 7.53. The van der Waals surface area contributed by atoms with Crippen LogP contribution in [0.25, 0.3) is 0 Å². The van der Waals surface area contributed by atoms with Gasteiger partial charge in [-0.3, -0.25) is 19.9 Å². The van der Waals surface area contributed by atoms with Crippen molar-refractivity contribution in [2.24, 2.45) is 5.73 Å². The van der Waals surface area contributed by atoms with Gasteiger partial charge in [0.05, 0.1) is 0 Å². The van der Waals surface area contributed by atoms with Gasteiger partial charge < -0.3 is 21.1 Å². The molecule has 0 bridgehead atoms. The molecule has 114 valence electrons. The van der Waals surface area contributed by atoms with E-state index < -0.39 is 30.5 Å². The van der Waals surface area contributed by atoms with E-state index >= 15 is 0 Å². The summed E-state index contributed by atoms with van der Waals surface area (Å²) in [6.45, 7) is -0.204. The van der Waals surface area contributed by atoms with Crippen LogP contribution in [-0.2, 0) is 9.59 Å². The SMILES string of the molecule is CN1C(=O)N(CC(=O)O)C(=O)[C@@H]1CCCNC(=N)N.Cl. The summed E-state index contributed by atoms with van der Waals surface area (Å²) in [7, 11) is 1.46. The second-order valence-corrected chi connectivity index (χ2v) is 4.21. The number of hydrogen-bond acceptors (Lipinski definition) is 4. The molecule has 10 heteroatoms. The second-order valence-electron chi connectivity index (χ2n) is 4.21. The highest BCUT2D eigenvalue weighted by molar-refractivity contribution is 6.05. The fourth-order valence-corrected chi connectivity index (χ4v) is 1.88. The lowest BCUT2D eigenvalue weighted by molar-refractivity contribution is -0.141. The first-order valence-electron chi connectivity index (χ1n) is 5.72. The van der Waals surface area contributed by atoms with Crippen molar-refractivity contribution in [1.29, 1.82) is 5.41 Å². The van der Waals surface area contributed by atoms with E-state index in [1.807, 2.05) is 0 Å². The number of likely N-dealkylation sites (N-methyl/N-ethyl adjacent to an activating group) is 1. The number of guanidine groups is 1. The number of amides is 3. The molecule has 1 atom stereocenters. The zero-order chi connectivity index (χ0) is 14.6. The highest BCUT2D eigenvalue weighted by Gasteiger charge is 2.43. The molecule has 9 nitrogen and oxygen atoms in total. The third kappa shape index (κ3) is 4.26. The number of nitrogens with zero attached hydrogens (tertiary/aromatic N) is 2. The van der Waals surface area contributed by atoms with Crippen molar-refractivity contribution in [3.8, 4) is 0 Å². The number of nitrogens with one attached hydrogen (secondary N) is 2. The van der Waals surface area contributed by atoms with Crippen molar-refractivity contribution >= 4 is 36.3 Å². The summed E-state index contributed by atoms with van der Waals surface area (Å²) in [6.07, 6.45) is 0.923. The molecule has 0 spiro atoms. The first-order valence-corrected chi connectivity index (χ1v) is 5.72. The van der Waals surface area contributed by atoms with Crippen molar-refractivity contribution in [3.05, 3.63) is 0 Å².